The Labute approximate surface area is 129 Å². The molecule has 0 amide bonds. The molecule has 0 saturated heterocycles. The standard InChI is InChI=1S/C19H18O3/c1-12(20)18-17-11-15(13-7-3-2-4-8-13)19(18,21)14-9-5-6-10-16(14)22-17/h2-10,15,17-18,21H,11H2,1H3/t15-,17-,18?,19-/m1/s1. The molecule has 1 aliphatic carbocycles. The summed E-state index contributed by atoms with van der Waals surface area (Å²) in [5, 5.41) is 11.6. The number of ether oxygens (including phenoxy) is 1. The number of hydrogen-bond acceptors (Lipinski definition) is 3. The summed E-state index contributed by atoms with van der Waals surface area (Å²) >= 11 is 0. The van der Waals surface area contributed by atoms with E-state index in [-0.39, 0.29) is 17.8 Å². The molecule has 22 heavy (non-hydrogen) atoms. The van der Waals surface area contributed by atoms with E-state index in [1.54, 1.807) is 6.92 Å². The maximum absolute atomic E-state index is 12.2. The number of aliphatic hydroxyl groups is 1. The number of carbonyl (C=O) groups excluding carboxylic acids is 1. The van der Waals surface area contributed by atoms with Crippen LogP contribution in [0.15, 0.2) is 54.6 Å². The van der Waals surface area contributed by atoms with Crippen LogP contribution in [-0.4, -0.2) is 17.0 Å². The number of rotatable bonds is 2. The zero-order valence-corrected chi connectivity index (χ0v) is 12.4. The molecule has 3 heteroatoms. The first-order valence-electron chi connectivity index (χ1n) is 7.66. The Morgan fingerprint density at radius 1 is 1.14 bits per heavy atom. The number of hydrogen-bond donors (Lipinski definition) is 1. The minimum absolute atomic E-state index is 0.0135. The Kier molecular flexibility index (Phi) is 2.88. The maximum Gasteiger partial charge on any atom is 0.139 e. The van der Waals surface area contributed by atoms with E-state index in [4.69, 9.17) is 4.74 Å². The van der Waals surface area contributed by atoms with Gasteiger partial charge in [0.15, 0.2) is 0 Å². The van der Waals surface area contributed by atoms with E-state index in [1.807, 2.05) is 54.6 Å². The number of carbonyl (C=O) groups is 1. The summed E-state index contributed by atoms with van der Waals surface area (Å²) in [6.45, 7) is 1.55. The molecule has 2 bridgehead atoms. The van der Waals surface area contributed by atoms with Crippen molar-refractivity contribution in [2.75, 3.05) is 0 Å². The Balaban J connectivity index is 1.93. The highest BCUT2D eigenvalue weighted by atomic mass is 16.5. The van der Waals surface area contributed by atoms with Gasteiger partial charge in [-0.25, -0.2) is 0 Å². The molecule has 1 N–H and O–H groups in total. The highest BCUT2D eigenvalue weighted by Gasteiger charge is 2.62. The fraction of sp³-hybridized carbons (Fsp3) is 0.316. The van der Waals surface area contributed by atoms with Gasteiger partial charge >= 0.3 is 0 Å². The average molecular weight is 294 g/mol. The SMILES string of the molecule is CC(=O)C1[C@H]2C[C@H](c3ccccc3)[C@]1(O)c1ccccc1O2. The monoisotopic (exact) mass is 294 g/mol. The normalized spacial score (nSPS) is 32.2. The number of Topliss-reactive ketones (excluding diaryl/α,β-unsaturated/α-hetero) is 1. The number of fused-ring (bicyclic) bond motifs is 4. The van der Waals surface area contributed by atoms with Crippen molar-refractivity contribution in [3.63, 3.8) is 0 Å². The maximum atomic E-state index is 12.2. The van der Waals surface area contributed by atoms with Crippen molar-refractivity contribution in [2.24, 2.45) is 5.92 Å². The van der Waals surface area contributed by atoms with Crippen molar-refractivity contribution >= 4 is 5.78 Å². The van der Waals surface area contributed by atoms with Crippen LogP contribution in [0, 0.1) is 5.92 Å². The first-order valence-corrected chi connectivity index (χ1v) is 7.66. The molecule has 4 rings (SSSR count). The summed E-state index contributed by atoms with van der Waals surface area (Å²) in [7, 11) is 0. The second kappa shape index (κ2) is 4.68. The van der Waals surface area contributed by atoms with Gasteiger partial charge in [0.1, 0.15) is 23.2 Å². The van der Waals surface area contributed by atoms with Crippen molar-refractivity contribution < 1.29 is 14.6 Å². The molecule has 2 aliphatic rings. The lowest BCUT2D eigenvalue weighted by atomic mass is 9.73. The number of para-hydroxylation sites is 1. The lowest BCUT2D eigenvalue weighted by Crippen LogP contribution is -2.46. The molecule has 1 saturated carbocycles. The van der Waals surface area contributed by atoms with Crippen molar-refractivity contribution in [2.45, 2.75) is 31.0 Å². The molecule has 4 atom stereocenters. The van der Waals surface area contributed by atoms with E-state index in [0.717, 1.165) is 11.1 Å². The number of benzene rings is 2. The van der Waals surface area contributed by atoms with E-state index in [2.05, 4.69) is 0 Å². The van der Waals surface area contributed by atoms with Crippen molar-refractivity contribution in [3.8, 4) is 5.75 Å². The predicted octanol–water partition coefficient (Wildman–Crippen LogP) is 3.03. The third-order valence-corrected chi connectivity index (χ3v) is 5.08. The Hall–Kier alpha value is -2.13. The van der Waals surface area contributed by atoms with Gasteiger partial charge in [-0.05, 0) is 25.0 Å². The minimum Gasteiger partial charge on any atom is -0.489 e. The lowest BCUT2D eigenvalue weighted by Gasteiger charge is -2.39. The number of ketones is 1. The fourth-order valence-electron chi connectivity index (χ4n) is 4.23. The molecule has 2 aromatic carbocycles. The van der Waals surface area contributed by atoms with Gasteiger partial charge in [-0.15, -0.1) is 0 Å². The van der Waals surface area contributed by atoms with Crippen LogP contribution >= 0.6 is 0 Å². The summed E-state index contributed by atoms with van der Waals surface area (Å²) in [5.41, 5.74) is 0.601. The highest BCUT2D eigenvalue weighted by molar-refractivity contribution is 5.82. The smallest absolute Gasteiger partial charge is 0.139 e. The predicted molar refractivity (Wildman–Crippen MR) is 82.7 cm³/mol. The molecular formula is C19H18O3. The Morgan fingerprint density at radius 2 is 1.82 bits per heavy atom. The molecule has 2 aromatic rings. The van der Waals surface area contributed by atoms with Gasteiger partial charge in [-0.3, -0.25) is 4.79 Å². The largest absolute Gasteiger partial charge is 0.489 e. The van der Waals surface area contributed by atoms with Crippen LogP contribution in [-0.2, 0) is 10.4 Å². The molecule has 1 heterocycles. The van der Waals surface area contributed by atoms with Crippen LogP contribution in [0.4, 0.5) is 0 Å². The minimum atomic E-state index is -1.19. The van der Waals surface area contributed by atoms with Crippen LogP contribution in [0.5, 0.6) is 5.75 Å². The summed E-state index contributed by atoms with van der Waals surface area (Å²) < 4.78 is 6.03. The third-order valence-electron chi connectivity index (χ3n) is 5.08. The van der Waals surface area contributed by atoms with Crippen LogP contribution in [0.1, 0.15) is 30.4 Å². The fourth-order valence-corrected chi connectivity index (χ4v) is 4.23. The first kappa shape index (κ1) is 13.5. The molecule has 1 aliphatic heterocycles. The van der Waals surface area contributed by atoms with E-state index in [0.29, 0.717) is 12.2 Å². The van der Waals surface area contributed by atoms with E-state index < -0.39 is 11.5 Å². The topological polar surface area (TPSA) is 46.5 Å². The van der Waals surface area contributed by atoms with Gasteiger partial charge in [-0.1, -0.05) is 48.5 Å². The van der Waals surface area contributed by atoms with Crippen LogP contribution in [0.25, 0.3) is 0 Å². The van der Waals surface area contributed by atoms with Gasteiger partial charge in [0.2, 0.25) is 0 Å². The highest BCUT2D eigenvalue weighted by Crippen LogP contribution is 2.59. The van der Waals surface area contributed by atoms with Gasteiger partial charge < -0.3 is 9.84 Å². The van der Waals surface area contributed by atoms with Gasteiger partial charge in [0.05, 0.1) is 5.92 Å². The zero-order valence-electron chi connectivity index (χ0n) is 12.4. The third kappa shape index (κ3) is 1.69. The molecular weight excluding hydrogens is 276 g/mol. The second-order valence-corrected chi connectivity index (χ2v) is 6.27. The molecule has 3 nitrogen and oxygen atoms in total. The Bertz CT molecular complexity index is 724. The van der Waals surface area contributed by atoms with E-state index in [1.165, 1.54) is 0 Å². The van der Waals surface area contributed by atoms with E-state index in [9.17, 15) is 9.90 Å². The summed E-state index contributed by atoms with van der Waals surface area (Å²) in [6, 6.07) is 17.5. The van der Waals surface area contributed by atoms with Crippen molar-refractivity contribution in [1.29, 1.82) is 0 Å². The average Bonchev–Trinajstić information content (AvgIpc) is 2.75. The van der Waals surface area contributed by atoms with Gasteiger partial charge in [0.25, 0.3) is 0 Å². The van der Waals surface area contributed by atoms with Gasteiger partial charge in [-0.2, -0.15) is 0 Å². The first-order chi connectivity index (χ1) is 10.6. The zero-order chi connectivity index (χ0) is 15.3. The molecule has 0 radical (unpaired) electrons. The molecule has 0 spiro atoms. The van der Waals surface area contributed by atoms with Gasteiger partial charge in [0, 0.05) is 11.5 Å². The summed E-state index contributed by atoms with van der Waals surface area (Å²) in [5.74, 6) is 0.0511. The van der Waals surface area contributed by atoms with Crippen LogP contribution in [0.2, 0.25) is 0 Å². The second-order valence-electron chi connectivity index (χ2n) is 6.27. The Morgan fingerprint density at radius 3 is 2.55 bits per heavy atom. The quantitative estimate of drug-likeness (QED) is 0.926. The lowest BCUT2D eigenvalue weighted by molar-refractivity contribution is -0.136. The van der Waals surface area contributed by atoms with Crippen molar-refractivity contribution in [3.05, 3.63) is 65.7 Å². The molecule has 1 unspecified atom stereocenters. The van der Waals surface area contributed by atoms with E-state index >= 15 is 0 Å². The molecule has 1 fully saturated rings. The van der Waals surface area contributed by atoms with Crippen molar-refractivity contribution in [1.82, 2.24) is 0 Å². The van der Waals surface area contributed by atoms with Crippen LogP contribution in [0.3, 0.4) is 0 Å². The molecule has 0 aromatic heterocycles. The summed E-state index contributed by atoms with van der Waals surface area (Å²) in [6.07, 6.45) is 0.391. The summed E-state index contributed by atoms with van der Waals surface area (Å²) in [4.78, 5) is 12.2. The molecule has 112 valence electrons. The van der Waals surface area contributed by atoms with Crippen LogP contribution < -0.4 is 4.74 Å².